The van der Waals surface area contributed by atoms with Gasteiger partial charge in [0, 0.05) is 5.56 Å². The molecule has 0 atom stereocenters. The standard InChI is InChI=1S/C7H2BrF3N2/c8-5-1-3(6(9)10)4(2-12)7(11)13-5/h1,6H. The molecule has 0 N–H and O–H groups in total. The Labute approximate surface area is 80.1 Å². The molecule has 0 aliphatic rings. The number of hydrogen-bond donors (Lipinski definition) is 0. The molecule has 13 heavy (non-hydrogen) atoms. The van der Waals surface area contributed by atoms with Crippen LogP contribution in [-0.4, -0.2) is 4.98 Å². The first kappa shape index (κ1) is 9.99. The maximum atomic E-state index is 12.8. The van der Waals surface area contributed by atoms with Crippen molar-refractivity contribution in [2.45, 2.75) is 6.43 Å². The van der Waals surface area contributed by atoms with E-state index in [9.17, 15) is 13.2 Å². The molecule has 1 rings (SSSR count). The zero-order valence-electron chi connectivity index (χ0n) is 6.06. The summed E-state index contributed by atoms with van der Waals surface area (Å²) >= 11 is 2.75. The molecule has 0 aromatic carbocycles. The maximum Gasteiger partial charge on any atom is 0.265 e. The van der Waals surface area contributed by atoms with Crippen LogP contribution in [0.3, 0.4) is 0 Å². The van der Waals surface area contributed by atoms with Gasteiger partial charge in [-0.25, -0.2) is 13.8 Å². The third kappa shape index (κ3) is 1.98. The molecule has 0 fully saturated rings. The molecule has 0 aliphatic carbocycles. The number of aromatic nitrogens is 1. The van der Waals surface area contributed by atoms with E-state index in [1.165, 1.54) is 6.07 Å². The van der Waals surface area contributed by atoms with Gasteiger partial charge in [0.2, 0.25) is 5.95 Å². The molecule has 0 amide bonds. The van der Waals surface area contributed by atoms with E-state index in [1.807, 2.05) is 0 Å². The van der Waals surface area contributed by atoms with E-state index in [0.29, 0.717) is 0 Å². The van der Waals surface area contributed by atoms with E-state index in [1.54, 1.807) is 0 Å². The second kappa shape index (κ2) is 3.75. The van der Waals surface area contributed by atoms with Crippen LogP contribution in [0.1, 0.15) is 17.6 Å². The molecule has 0 bridgehead atoms. The fourth-order valence-electron chi connectivity index (χ4n) is 0.784. The van der Waals surface area contributed by atoms with Crippen LogP contribution in [0.5, 0.6) is 0 Å². The van der Waals surface area contributed by atoms with E-state index in [-0.39, 0.29) is 4.60 Å². The zero-order valence-corrected chi connectivity index (χ0v) is 7.65. The van der Waals surface area contributed by atoms with Gasteiger partial charge in [-0.05, 0) is 22.0 Å². The van der Waals surface area contributed by atoms with Crippen molar-refractivity contribution in [3.05, 3.63) is 27.7 Å². The third-order valence-corrected chi connectivity index (χ3v) is 1.73. The van der Waals surface area contributed by atoms with Crippen molar-refractivity contribution in [1.82, 2.24) is 4.98 Å². The number of hydrogen-bond acceptors (Lipinski definition) is 2. The van der Waals surface area contributed by atoms with Gasteiger partial charge >= 0.3 is 0 Å². The minimum atomic E-state index is -2.89. The van der Waals surface area contributed by atoms with Crippen LogP contribution in [0, 0.1) is 17.3 Å². The van der Waals surface area contributed by atoms with E-state index in [4.69, 9.17) is 5.26 Å². The van der Waals surface area contributed by atoms with Crippen molar-refractivity contribution in [1.29, 1.82) is 5.26 Å². The highest BCUT2D eigenvalue weighted by Gasteiger charge is 2.18. The first-order valence-corrected chi connectivity index (χ1v) is 3.89. The second-order valence-electron chi connectivity index (χ2n) is 2.11. The van der Waals surface area contributed by atoms with E-state index >= 15 is 0 Å². The normalized spacial score (nSPS) is 10.2. The molecule has 0 saturated heterocycles. The summed E-state index contributed by atoms with van der Waals surface area (Å²) in [7, 11) is 0. The molecule has 0 aliphatic heterocycles. The Kier molecular flexibility index (Phi) is 2.88. The Balaban J connectivity index is 3.41. The predicted octanol–water partition coefficient (Wildman–Crippen LogP) is 2.79. The summed E-state index contributed by atoms with van der Waals surface area (Å²) in [5, 5.41) is 8.36. The lowest BCUT2D eigenvalue weighted by Gasteiger charge is -2.02. The fraction of sp³-hybridized carbons (Fsp3) is 0.143. The highest BCUT2D eigenvalue weighted by atomic mass is 79.9. The average Bonchev–Trinajstić information content (AvgIpc) is 2.02. The van der Waals surface area contributed by atoms with Gasteiger partial charge in [-0.2, -0.15) is 9.65 Å². The number of nitriles is 1. The van der Waals surface area contributed by atoms with Gasteiger partial charge in [0.15, 0.2) is 0 Å². The highest BCUT2D eigenvalue weighted by molar-refractivity contribution is 9.10. The van der Waals surface area contributed by atoms with Crippen molar-refractivity contribution < 1.29 is 13.2 Å². The average molecular weight is 251 g/mol. The van der Waals surface area contributed by atoms with Crippen molar-refractivity contribution in [2.24, 2.45) is 0 Å². The monoisotopic (exact) mass is 250 g/mol. The van der Waals surface area contributed by atoms with Crippen molar-refractivity contribution >= 4 is 15.9 Å². The molecule has 0 unspecified atom stereocenters. The summed E-state index contributed by atoms with van der Waals surface area (Å²) in [5.74, 6) is -1.19. The van der Waals surface area contributed by atoms with Crippen molar-refractivity contribution in [3.8, 4) is 6.07 Å². The quantitative estimate of drug-likeness (QED) is 0.719. The summed E-state index contributed by atoms with van der Waals surface area (Å²) in [6.45, 7) is 0. The first-order valence-electron chi connectivity index (χ1n) is 3.10. The van der Waals surface area contributed by atoms with Gasteiger partial charge in [0.05, 0.1) is 0 Å². The van der Waals surface area contributed by atoms with Gasteiger partial charge in [0.25, 0.3) is 6.43 Å². The van der Waals surface area contributed by atoms with Crippen LogP contribution in [0.2, 0.25) is 0 Å². The predicted molar refractivity (Wildman–Crippen MR) is 41.6 cm³/mol. The van der Waals surface area contributed by atoms with Gasteiger partial charge in [-0.1, -0.05) is 0 Å². The van der Waals surface area contributed by atoms with E-state index < -0.39 is 23.5 Å². The second-order valence-corrected chi connectivity index (χ2v) is 2.92. The van der Waals surface area contributed by atoms with Crippen molar-refractivity contribution in [2.75, 3.05) is 0 Å². The van der Waals surface area contributed by atoms with Crippen LogP contribution in [0.15, 0.2) is 10.7 Å². The topological polar surface area (TPSA) is 36.7 Å². The Morgan fingerprint density at radius 3 is 2.62 bits per heavy atom. The Morgan fingerprint density at radius 1 is 1.54 bits per heavy atom. The number of pyridine rings is 1. The molecule has 0 saturated carbocycles. The third-order valence-electron chi connectivity index (χ3n) is 1.32. The summed E-state index contributed by atoms with van der Waals surface area (Å²) < 4.78 is 37.1. The lowest BCUT2D eigenvalue weighted by atomic mass is 10.1. The lowest BCUT2D eigenvalue weighted by molar-refractivity contribution is 0.150. The molecule has 1 aromatic heterocycles. The zero-order chi connectivity index (χ0) is 10.0. The minimum absolute atomic E-state index is 0.0562. The fourth-order valence-corrected chi connectivity index (χ4v) is 1.19. The molecule has 1 heterocycles. The minimum Gasteiger partial charge on any atom is -0.212 e. The maximum absolute atomic E-state index is 12.8. The van der Waals surface area contributed by atoms with Crippen LogP contribution >= 0.6 is 15.9 Å². The molecule has 0 spiro atoms. The molecule has 68 valence electrons. The summed E-state index contributed by atoms with van der Waals surface area (Å²) in [6.07, 6.45) is -2.89. The number of halogens is 4. The lowest BCUT2D eigenvalue weighted by Crippen LogP contribution is -1.98. The van der Waals surface area contributed by atoms with Gasteiger partial charge < -0.3 is 0 Å². The molecular weight excluding hydrogens is 249 g/mol. The Bertz CT molecular complexity index is 373. The SMILES string of the molecule is N#Cc1c(C(F)F)cc(Br)nc1F. The number of nitrogens with zero attached hydrogens (tertiary/aromatic N) is 2. The molecule has 1 aromatic rings. The van der Waals surface area contributed by atoms with Crippen molar-refractivity contribution in [3.63, 3.8) is 0 Å². The largest absolute Gasteiger partial charge is 0.265 e. The summed E-state index contributed by atoms with van der Waals surface area (Å²) in [5.41, 5.74) is -1.36. The molecule has 6 heteroatoms. The molecule has 2 nitrogen and oxygen atoms in total. The summed E-state index contributed by atoms with van der Waals surface area (Å²) in [6, 6.07) is 2.26. The van der Waals surface area contributed by atoms with Gasteiger partial charge in [0.1, 0.15) is 16.2 Å². The Morgan fingerprint density at radius 2 is 2.15 bits per heavy atom. The van der Waals surface area contributed by atoms with Crippen LogP contribution in [0.25, 0.3) is 0 Å². The Hall–Kier alpha value is -1.09. The van der Waals surface area contributed by atoms with Crippen LogP contribution in [-0.2, 0) is 0 Å². The molecular formula is C7H2BrF3N2. The number of alkyl halides is 2. The van der Waals surface area contributed by atoms with Crippen LogP contribution in [0.4, 0.5) is 13.2 Å². The molecule has 0 radical (unpaired) electrons. The van der Waals surface area contributed by atoms with Gasteiger partial charge in [-0.3, -0.25) is 0 Å². The van der Waals surface area contributed by atoms with Crippen LogP contribution < -0.4 is 0 Å². The number of rotatable bonds is 1. The smallest absolute Gasteiger partial charge is 0.212 e. The summed E-state index contributed by atoms with van der Waals surface area (Å²) in [4.78, 5) is 3.18. The van der Waals surface area contributed by atoms with Gasteiger partial charge in [-0.15, -0.1) is 0 Å². The first-order chi connectivity index (χ1) is 6.06. The van der Waals surface area contributed by atoms with E-state index in [2.05, 4.69) is 20.9 Å². The highest BCUT2D eigenvalue weighted by Crippen LogP contribution is 2.26. The van der Waals surface area contributed by atoms with E-state index in [0.717, 1.165) is 6.07 Å².